The van der Waals surface area contributed by atoms with Crippen LogP contribution in [0.2, 0.25) is 0 Å². The van der Waals surface area contributed by atoms with Crippen LogP contribution in [-0.4, -0.2) is 16.7 Å². The molecule has 68 valence electrons. The van der Waals surface area contributed by atoms with Gasteiger partial charge in [-0.15, -0.1) is 10.2 Å². The molecule has 5 heteroatoms. The summed E-state index contributed by atoms with van der Waals surface area (Å²) in [4.78, 5) is 0. The molecule has 1 heterocycles. The third-order valence-corrected chi connectivity index (χ3v) is 2.35. The molecule has 0 aliphatic heterocycles. The SMILES string of the molecule is CCCCNc1nnc(CN)s1. The van der Waals surface area contributed by atoms with Gasteiger partial charge in [-0.1, -0.05) is 24.7 Å². The van der Waals surface area contributed by atoms with Gasteiger partial charge in [0.2, 0.25) is 5.13 Å². The Labute approximate surface area is 76.2 Å². The van der Waals surface area contributed by atoms with Crippen LogP contribution in [0.25, 0.3) is 0 Å². The number of nitrogens with two attached hydrogens (primary N) is 1. The van der Waals surface area contributed by atoms with Crippen LogP contribution in [0.5, 0.6) is 0 Å². The highest BCUT2D eigenvalue weighted by atomic mass is 32.1. The first kappa shape index (κ1) is 9.41. The Morgan fingerprint density at radius 2 is 2.33 bits per heavy atom. The van der Waals surface area contributed by atoms with Gasteiger partial charge in [-0.25, -0.2) is 0 Å². The summed E-state index contributed by atoms with van der Waals surface area (Å²) < 4.78 is 0. The largest absolute Gasteiger partial charge is 0.360 e. The second-order valence-corrected chi connectivity index (χ2v) is 3.55. The molecular formula is C7H14N4S. The van der Waals surface area contributed by atoms with E-state index in [1.807, 2.05) is 0 Å². The lowest BCUT2D eigenvalue weighted by molar-refractivity contribution is 0.830. The van der Waals surface area contributed by atoms with Gasteiger partial charge in [0.25, 0.3) is 0 Å². The minimum atomic E-state index is 0.479. The average molecular weight is 186 g/mol. The molecule has 0 aliphatic rings. The van der Waals surface area contributed by atoms with Gasteiger partial charge in [0.1, 0.15) is 5.01 Å². The van der Waals surface area contributed by atoms with Crippen molar-refractivity contribution in [3.8, 4) is 0 Å². The van der Waals surface area contributed by atoms with Crippen LogP contribution in [0.4, 0.5) is 5.13 Å². The molecule has 0 bridgehead atoms. The molecule has 3 N–H and O–H groups in total. The highest BCUT2D eigenvalue weighted by molar-refractivity contribution is 7.15. The molecule has 0 radical (unpaired) electrons. The molecule has 0 unspecified atom stereocenters. The van der Waals surface area contributed by atoms with Crippen LogP contribution < -0.4 is 11.1 Å². The van der Waals surface area contributed by atoms with Crippen LogP contribution in [0, 0.1) is 0 Å². The van der Waals surface area contributed by atoms with Crippen LogP contribution in [0.15, 0.2) is 0 Å². The number of hydrogen-bond donors (Lipinski definition) is 2. The fraction of sp³-hybridized carbons (Fsp3) is 0.714. The number of nitrogens with one attached hydrogen (secondary N) is 1. The molecule has 0 aromatic carbocycles. The Kier molecular flexibility index (Phi) is 3.96. The Bertz CT molecular complexity index is 223. The molecule has 0 saturated carbocycles. The number of hydrogen-bond acceptors (Lipinski definition) is 5. The van der Waals surface area contributed by atoms with Gasteiger partial charge in [0, 0.05) is 13.1 Å². The van der Waals surface area contributed by atoms with Crippen molar-refractivity contribution in [2.45, 2.75) is 26.3 Å². The summed E-state index contributed by atoms with van der Waals surface area (Å²) in [7, 11) is 0. The normalized spacial score (nSPS) is 10.2. The Hall–Kier alpha value is -0.680. The van der Waals surface area contributed by atoms with E-state index in [0.717, 1.165) is 23.1 Å². The molecule has 4 nitrogen and oxygen atoms in total. The van der Waals surface area contributed by atoms with Crippen molar-refractivity contribution in [1.82, 2.24) is 10.2 Å². The fourth-order valence-electron chi connectivity index (χ4n) is 0.780. The Morgan fingerprint density at radius 1 is 1.50 bits per heavy atom. The molecular weight excluding hydrogens is 172 g/mol. The van der Waals surface area contributed by atoms with Crippen LogP contribution in [0.1, 0.15) is 24.8 Å². The zero-order valence-electron chi connectivity index (χ0n) is 7.21. The second-order valence-electron chi connectivity index (χ2n) is 2.49. The summed E-state index contributed by atoms with van der Waals surface area (Å²) in [5, 5.41) is 12.8. The number of unbranched alkanes of at least 4 members (excludes halogenated alkanes) is 1. The summed E-state index contributed by atoms with van der Waals surface area (Å²) in [6.07, 6.45) is 2.35. The molecule has 0 aliphatic carbocycles. The zero-order valence-corrected chi connectivity index (χ0v) is 8.02. The van der Waals surface area contributed by atoms with Crippen LogP contribution in [0.3, 0.4) is 0 Å². The quantitative estimate of drug-likeness (QED) is 0.678. The molecule has 1 rings (SSSR count). The predicted molar refractivity (Wildman–Crippen MR) is 51.2 cm³/mol. The van der Waals surface area contributed by atoms with Crippen molar-refractivity contribution in [3.63, 3.8) is 0 Å². The zero-order chi connectivity index (χ0) is 8.81. The van der Waals surface area contributed by atoms with E-state index < -0.39 is 0 Å². The van der Waals surface area contributed by atoms with Crippen LogP contribution >= 0.6 is 11.3 Å². The molecule has 12 heavy (non-hydrogen) atoms. The van der Waals surface area contributed by atoms with Crippen molar-refractivity contribution in [2.24, 2.45) is 5.73 Å². The highest BCUT2D eigenvalue weighted by Gasteiger charge is 1.99. The minimum absolute atomic E-state index is 0.479. The molecule has 0 atom stereocenters. The number of rotatable bonds is 5. The van der Waals surface area contributed by atoms with Crippen molar-refractivity contribution < 1.29 is 0 Å². The van der Waals surface area contributed by atoms with E-state index in [-0.39, 0.29) is 0 Å². The first-order chi connectivity index (χ1) is 5.86. The van der Waals surface area contributed by atoms with Gasteiger partial charge in [0.15, 0.2) is 0 Å². The van der Waals surface area contributed by atoms with Crippen molar-refractivity contribution in [1.29, 1.82) is 0 Å². The Morgan fingerprint density at radius 3 is 2.92 bits per heavy atom. The van der Waals surface area contributed by atoms with Gasteiger partial charge < -0.3 is 11.1 Å². The van der Waals surface area contributed by atoms with Gasteiger partial charge in [-0.2, -0.15) is 0 Å². The molecule has 0 amide bonds. The monoisotopic (exact) mass is 186 g/mol. The summed E-state index contributed by atoms with van der Waals surface area (Å²) in [6.45, 7) is 3.61. The van der Waals surface area contributed by atoms with E-state index in [4.69, 9.17) is 5.73 Å². The maximum atomic E-state index is 5.40. The molecule has 1 aromatic heterocycles. The number of nitrogens with zero attached hydrogens (tertiary/aromatic N) is 2. The van der Waals surface area contributed by atoms with Gasteiger partial charge in [-0.3, -0.25) is 0 Å². The van der Waals surface area contributed by atoms with E-state index >= 15 is 0 Å². The van der Waals surface area contributed by atoms with Crippen molar-refractivity contribution in [3.05, 3.63) is 5.01 Å². The van der Waals surface area contributed by atoms with E-state index in [9.17, 15) is 0 Å². The fourth-order valence-corrected chi connectivity index (χ4v) is 1.42. The molecule has 0 spiro atoms. The third kappa shape index (κ3) is 2.75. The lowest BCUT2D eigenvalue weighted by Gasteiger charge is -1.97. The average Bonchev–Trinajstić information content (AvgIpc) is 2.53. The summed E-state index contributed by atoms with van der Waals surface area (Å²) in [5.74, 6) is 0. The molecule has 0 fully saturated rings. The van der Waals surface area contributed by atoms with Crippen molar-refractivity contribution in [2.75, 3.05) is 11.9 Å². The maximum Gasteiger partial charge on any atom is 0.205 e. The first-order valence-corrected chi connectivity index (χ1v) is 4.94. The van der Waals surface area contributed by atoms with Crippen LogP contribution in [-0.2, 0) is 6.54 Å². The maximum absolute atomic E-state index is 5.40. The van der Waals surface area contributed by atoms with E-state index in [2.05, 4.69) is 22.4 Å². The third-order valence-electron chi connectivity index (χ3n) is 1.45. The molecule has 0 saturated heterocycles. The van der Waals surface area contributed by atoms with Crippen molar-refractivity contribution >= 4 is 16.5 Å². The summed E-state index contributed by atoms with van der Waals surface area (Å²) >= 11 is 1.52. The number of aromatic nitrogens is 2. The summed E-state index contributed by atoms with van der Waals surface area (Å²) in [5.41, 5.74) is 5.40. The van der Waals surface area contributed by atoms with E-state index in [1.165, 1.54) is 17.8 Å². The van der Waals surface area contributed by atoms with Gasteiger partial charge >= 0.3 is 0 Å². The minimum Gasteiger partial charge on any atom is -0.360 e. The topological polar surface area (TPSA) is 63.8 Å². The summed E-state index contributed by atoms with van der Waals surface area (Å²) in [6, 6.07) is 0. The first-order valence-electron chi connectivity index (χ1n) is 4.13. The standard InChI is InChI=1S/C7H14N4S/c1-2-3-4-9-7-11-10-6(5-8)12-7/h2-5,8H2,1H3,(H,9,11). The van der Waals surface area contributed by atoms with Gasteiger partial charge in [-0.05, 0) is 6.42 Å². The molecule has 1 aromatic rings. The Balaban J connectivity index is 2.31. The lowest BCUT2D eigenvalue weighted by Crippen LogP contribution is -1.99. The predicted octanol–water partition coefficient (Wildman–Crippen LogP) is 1.21. The number of anilines is 1. The van der Waals surface area contributed by atoms with E-state index in [1.54, 1.807) is 0 Å². The van der Waals surface area contributed by atoms with E-state index in [0.29, 0.717) is 6.54 Å². The smallest absolute Gasteiger partial charge is 0.205 e. The highest BCUT2D eigenvalue weighted by Crippen LogP contribution is 2.13. The van der Waals surface area contributed by atoms with Gasteiger partial charge in [0.05, 0.1) is 0 Å². The second kappa shape index (κ2) is 5.05. The lowest BCUT2D eigenvalue weighted by atomic mass is 10.3.